The highest BCUT2D eigenvalue weighted by molar-refractivity contribution is 5.68. The highest BCUT2D eigenvalue weighted by Gasteiger charge is 2.21. The van der Waals surface area contributed by atoms with Crippen LogP contribution >= 0.6 is 0 Å². The number of halogens is 1. The normalized spacial score (nSPS) is 14.9. The first-order valence-corrected chi connectivity index (χ1v) is 10.9. The monoisotopic (exact) mass is 408 g/mol. The largest absolute Gasteiger partial charge is 0.444 e. The summed E-state index contributed by atoms with van der Waals surface area (Å²) in [5.74, 6) is -0.224. The Labute approximate surface area is 175 Å². The van der Waals surface area contributed by atoms with E-state index < -0.39 is 5.60 Å². The van der Waals surface area contributed by atoms with Gasteiger partial charge in [0.15, 0.2) is 0 Å². The maximum atomic E-state index is 13.3. The minimum Gasteiger partial charge on any atom is -0.444 e. The third kappa shape index (κ3) is 10.1. The highest BCUT2D eigenvalue weighted by Crippen LogP contribution is 2.12. The number of rotatable bonds is 11. The average molecular weight is 409 g/mol. The Kier molecular flexibility index (Phi) is 9.88. The molecule has 1 aromatic rings. The fraction of sp³-hybridized carbons (Fsp3) is 0.696. The molecule has 0 bridgehead atoms. The van der Waals surface area contributed by atoms with E-state index in [2.05, 4.69) is 4.90 Å². The number of ether oxygens (including phenoxy) is 2. The zero-order chi connectivity index (χ0) is 21.1. The van der Waals surface area contributed by atoms with Crippen LogP contribution in [-0.4, -0.2) is 67.4 Å². The molecule has 1 amide bonds. The van der Waals surface area contributed by atoms with E-state index in [1.54, 1.807) is 17.0 Å². The van der Waals surface area contributed by atoms with Gasteiger partial charge in [0, 0.05) is 26.2 Å². The fourth-order valence-electron chi connectivity index (χ4n) is 3.45. The van der Waals surface area contributed by atoms with Crippen LogP contribution in [0.5, 0.6) is 0 Å². The van der Waals surface area contributed by atoms with E-state index >= 15 is 0 Å². The lowest BCUT2D eigenvalue weighted by Gasteiger charge is -2.27. The first kappa shape index (κ1) is 23.6. The molecule has 1 aromatic carbocycles. The lowest BCUT2D eigenvalue weighted by atomic mass is 10.1. The van der Waals surface area contributed by atoms with Crippen LogP contribution in [0.2, 0.25) is 0 Å². The van der Waals surface area contributed by atoms with Crippen molar-refractivity contribution in [3.05, 3.63) is 35.6 Å². The molecule has 0 radical (unpaired) electrons. The summed E-state index contributed by atoms with van der Waals surface area (Å²) in [5, 5.41) is 0. The predicted molar refractivity (Wildman–Crippen MR) is 114 cm³/mol. The van der Waals surface area contributed by atoms with Gasteiger partial charge in [-0.05, 0) is 83.7 Å². The van der Waals surface area contributed by atoms with Crippen molar-refractivity contribution in [2.45, 2.75) is 58.5 Å². The minimum atomic E-state index is -0.524. The number of carbonyl (C=O) groups excluding carboxylic acids is 1. The van der Waals surface area contributed by atoms with Crippen LogP contribution in [0.25, 0.3) is 0 Å². The van der Waals surface area contributed by atoms with Crippen molar-refractivity contribution >= 4 is 6.09 Å². The molecule has 6 heteroatoms. The Bertz CT molecular complexity index is 612. The van der Waals surface area contributed by atoms with Crippen molar-refractivity contribution in [2.75, 3.05) is 45.9 Å². The molecule has 1 aliphatic rings. The van der Waals surface area contributed by atoms with E-state index in [4.69, 9.17) is 9.47 Å². The minimum absolute atomic E-state index is 0.224. The molecule has 1 aliphatic heterocycles. The van der Waals surface area contributed by atoms with E-state index in [0.717, 1.165) is 38.0 Å². The van der Waals surface area contributed by atoms with E-state index in [9.17, 15) is 9.18 Å². The number of amides is 1. The topological polar surface area (TPSA) is 42.0 Å². The first-order valence-electron chi connectivity index (χ1n) is 10.9. The van der Waals surface area contributed by atoms with Gasteiger partial charge < -0.3 is 19.3 Å². The molecule has 164 valence electrons. The second-order valence-electron chi connectivity index (χ2n) is 8.72. The first-order chi connectivity index (χ1) is 13.8. The van der Waals surface area contributed by atoms with Gasteiger partial charge >= 0.3 is 6.09 Å². The van der Waals surface area contributed by atoms with Gasteiger partial charge in [-0.25, -0.2) is 9.18 Å². The van der Waals surface area contributed by atoms with Crippen LogP contribution in [0, 0.1) is 5.82 Å². The van der Waals surface area contributed by atoms with Gasteiger partial charge in [0.2, 0.25) is 0 Å². The molecule has 0 aromatic heterocycles. The summed E-state index contributed by atoms with van der Waals surface area (Å²) in [7, 11) is 0. The Balaban J connectivity index is 1.72. The summed E-state index contributed by atoms with van der Waals surface area (Å²) in [6.45, 7) is 11.5. The SMILES string of the molecule is CC(C)(C)OC(=O)N(CCCOCCN1CCCC1)CCCc1cccc(F)c1. The van der Waals surface area contributed by atoms with Gasteiger partial charge in [0.05, 0.1) is 6.61 Å². The van der Waals surface area contributed by atoms with Crippen LogP contribution in [0.1, 0.15) is 52.0 Å². The predicted octanol–water partition coefficient (Wildman–Crippen LogP) is 4.50. The number of hydrogen-bond acceptors (Lipinski definition) is 4. The third-order valence-electron chi connectivity index (χ3n) is 4.90. The number of aryl methyl sites for hydroxylation is 1. The summed E-state index contributed by atoms with van der Waals surface area (Å²) in [5.41, 5.74) is 0.420. The number of benzene rings is 1. The summed E-state index contributed by atoms with van der Waals surface area (Å²) in [6.07, 6.45) is 4.55. The number of carbonyl (C=O) groups is 1. The molecule has 0 atom stereocenters. The molecule has 1 saturated heterocycles. The van der Waals surface area contributed by atoms with Crippen molar-refractivity contribution < 1.29 is 18.7 Å². The van der Waals surface area contributed by atoms with Crippen molar-refractivity contribution in [3.8, 4) is 0 Å². The van der Waals surface area contributed by atoms with Gasteiger partial charge in [-0.3, -0.25) is 0 Å². The smallest absolute Gasteiger partial charge is 0.410 e. The number of hydrogen-bond donors (Lipinski definition) is 0. The van der Waals surface area contributed by atoms with Crippen molar-refractivity contribution in [1.29, 1.82) is 0 Å². The van der Waals surface area contributed by atoms with Gasteiger partial charge in [-0.1, -0.05) is 12.1 Å². The molecular weight excluding hydrogens is 371 g/mol. The Morgan fingerprint density at radius 1 is 1.14 bits per heavy atom. The Hall–Kier alpha value is -1.66. The fourth-order valence-corrected chi connectivity index (χ4v) is 3.45. The molecule has 0 N–H and O–H groups in total. The molecule has 1 fully saturated rings. The summed E-state index contributed by atoms with van der Waals surface area (Å²) >= 11 is 0. The second kappa shape index (κ2) is 12.1. The summed E-state index contributed by atoms with van der Waals surface area (Å²) < 4.78 is 24.6. The Morgan fingerprint density at radius 2 is 1.86 bits per heavy atom. The number of nitrogens with zero attached hydrogens (tertiary/aromatic N) is 2. The Morgan fingerprint density at radius 3 is 2.55 bits per heavy atom. The zero-order valence-corrected chi connectivity index (χ0v) is 18.3. The summed E-state index contributed by atoms with van der Waals surface area (Å²) in [6, 6.07) is 6.62. The van der Waals surface area contributed by atoms with Crippen LogP contribution in [0.15, 0.2) is 24.3 Å². The van der Waals surface area contributed by atoms with Crippen LogP contribution in [0.3, 0.4) is 0 Å². The van der Waals surface area contributed by atoms with Gasteiger partial charge in [0.1, 0.15) is 11.4 Å². The van der Waals surface area contributed by atoms with E-state index in [-0.39, 0.29) is 11.9 Å². The van der Waals surface area contributed by atoms with Crippen LogP contribution in [0.4, 0.5) is 9.18 Å². The van der Waals surface area contributed by atoms with E-state index in [1.165, 1.54) is 32.0 Å². The molecule has 5 nitrogen and oxygen atoms in total. The van der Waals surface area contributed by atoms with Crippen molar-refractivity contribution in [3.63, 3.8) is 0 Å². The van der Waals surface area contributed by atoms with Crippen molar-refractivity contribution in [2.24, 2.45) is 0 Å². The van der Waals surface area contributed by atoms with Gasteiger partial charge in [0.25, 0.3) is 0 Å². The zero-order valence-electron chi connectivity index (χ0n) is 18.3. The van der Waals surface area contributed by atoms with Crippen LogP contribution in [-0.2, 0) is 15.9 Å². The van der Waals surface area contributed by atoms with Crippen molar-refractivity contribution in [1.82, 2.24) is 9.80 Å². The maximum Gasteiger partial charge on any atom is 0.410 e. The van der Waals surface area contributed by atoms with Gasteiger partial charge in [-0.15, -0.1) is 0 Å². The number of likely N-dealkylation sites (tertiary alicyclic amines) is 1. The molecule has 0 saturated carbocycles. The average Bonchev–Trinajstić information content (AvgIpc) is 3.15. The van der Waals surface area contributed by atoms with E-state index in [1.807, 2.05) is 26.8 Å². The standard InChI is InChI=1S/C23H37FN2O3/c1-23(2,3)29-22(27)26(14-7-10-20-9-6-11-21(24)19-20)15-8-17-28-18-16-25-12-4-5-13-25/h6,9,11,19H,4-5,7-8,10,12-18H2,1-3H3. The van der Waals surface area contributed by atoms with Gasteiger partial charge in [-0.2, -0.15) is 0 Å². The maximum absolute atomic E-state index is 13.3. The highest BCUT2D eigenvalue weighted by atomic mass is 19.1. The van der Waals surface area contributed by atoms with Crippen LogP contribution < -0.4 is 0 Å². The lowest BCUT2D eigenvalue weighted by molar-refractivity contribution is 0.0223. The molecule has 0 spiro atoms. The quantitative estimate of drug-likeness (QED) is 0.506. The molecule has 2 rings (SSSR count). The third-order valence-corrected chi connectivity index (χ3v) is 4.90. The molecular formula is C23H37FN2O3. The molecule has 1 heterocycles. The molecule has 0 unspecified atom stereocenters. The lowest BCUT2D eigenvalue weighted by Crippen LogP contribution is -2.38. The second-order valence-corrected chi connectivity index (χ2v) is 8.72. The molecule has 0 aliphatic carbocycles. The molecule has 29 heavy (non-hydrogen) atoms. The summed E-state index contributed by atoms with van der Waals surface area (Å²) in [4.78, 5) is 16.7. The van der Waals surface area contributed by atoms with E-state index in [0.29, 0.717) is 19.7 Å².